The zero-order valence-electron chi connectivity index (χ0n) is 16.6. The van der Waals surface area contributed by atoms with Crippen molar-refractivity contribution in [1.82, 2.24) is 28.9 Å². The summed E-state index contributed by atoms with van der Waals surface area (Å²) in [4.78, 5) is 18.8. The van der Waals surface area contributed by atoms with E-state index in [0.29, 0.717) is 30.1 Å². The Balaban J connectivity index is 1.77. The summed E-state index contributed by atoms with van der Waals surface area (Å²) in [6.45, 7) is 4.08. The van der Waals surface area contributed by atoms with E-state index >= 15 is 0 Å². The van der Waals surface area contributed by atoms with Crippen LogP contribution in [0.1, 0.15) is 6.92 Å². The molecular weight excluding hydrogens is 386 g/mol. The molecule has 0 amide bonds. The van der Waals surface area contributed by atoms with Gasteiger partial charge in [-0.2, -0.15) is 10.2 Å². The minimum Gasteiger partial charge on any atom is -0.464 e. The van der Waals surface area contributed by atoms with Crippen LogP contribution >= 0.6 is 0 Å². The van der Waals surface area contributed by atoms with Crippen molar-refractivity contribution in [3.05, 3.63) is 42.9 Å². The van der Waals surface area contributed by atoms with Gasteiger partial charge < -0.3 is 14.7 Å². The van der Waals surface area contributed by atoms with Crippen LogP contribution in [0, 0.1) is 0 Å². The van der Waals surface area contributed by atoms with Crippen LogP contribution in [0.5, 0.6) is 0 Å². The Kier molecular flexibility index (Phi) is 4.28. The van der Waals surface area contributed by atoms with E-state index < -0.39 is 6.09 Å². The summed E-state index contributed by atoms with van der Waals surface area (Å²) in [5, 5.41) is 18.4. The molecule has 0 radical (unpaired) electrons. The normalized spacial score (nSPS) is 17.0. The van der Waals surface area contributed by atoms with Gasteiger partial charge in [0.05, 0.1) is 48.1 Å². The van der Waals surface area contributed by atoms with Gasteiger partial charge in [0, 0.05) is 32.1 Å². The van der Waals surface area contributed by atoms with Crippen LogP contribution in [-0.2, 0) is 11.8 Å². The molecule has 154 valence electrons. The van der Waals surface area contributed by atoms with Crippen molar-refractivity contribution in [2.24, 2.45) is 7.05 Å². The number of aryl methyl sites for hydroxylation is 1. The van der Waals surface area contributed by atoms with Gasteiger partial charge >= 0.3 is 6.09 Å². The van der Waals surface area contributed by atoms with Gasteiger partial charge in [0.25, 0.3) is 0 Å². The molecule has 1 fully saturated rings. The smallest absolute Gasteiger partial charge is 0.416 e. The fourth-order valence-electron chi connectivity index (χ4n) is 3.92. The number of aromatic nitrogens is 6. The maximum atomic E-state index is 11.7. The van der Waals surface area contributed by atoms with Gasteiger partial charge in [-0.15, -0.1) is 0 Å². The summed E-state index contributed by atoms with van der Waals surface area (Å²) in [7, 11) is 1.87. The standard InChI is InChI=1S/C20H21N7O3/c1-13-12-30-9-8-25(13)18-10-17(16-5-6-21-24(16)2)27-19(23-18)14(11-22-27)15-4-3-7-26(15)20(28)29/h3-7,10-11,13H,8-9,12H2,1-2H3,(H,28,29)/t13-/m1/s1. The maximum absolute atomic E-state index is 11.7. The van der Waals surface area contributed by atoms with Crippen molar-refractivity contribution in [2.45, 2.75) is 13.0 Å². The van der Waals surface area contributed by atoms with Gasteiger partial charge in [-0.25, -0.2) is 14.3 Å². The fourth-order valence-corrected chi connectivity index (χ4v) is 3.92. The van der Waals surface area contributed by atoms with Crippen LogP contribution in [0.2, 0.25) is 0 Å². The second-order valence-corrected chi connectivity index (χ2v) is 7.30. The van der Waals surface area contributed by atoms with Crippen LogP contribution in [0.25, 0.3) is 28.3 Å². The number of rotatable bonds is 3. The highest BCUT2D eigenvalue weighted by atomic mass is 16.5. The second-order valence-electron chi connectivity index (χ2n) is 7.30. The van der Waals surface area contributed by atoms with Crippen LogP contribution in [0.3, 0.4) is 0 Å². The zero-order valence-corrected chi connectivity index (χ0v) is 16.6. The number of hydrogen-bond donors (Lipinski definition) is 1. The third kappa shape index (κ3) is 2.84. The first kappa shape index (κ1) is 18.4. The summed E-state index contributed by atoms with van der Waals surface area (Å²) in [6.07, 6.45) is 3.85. The average molecular weight is 407 g/mol. The second kappa shape index (κ2) is 6.99. The summed E-state index contributed by atoms with van der Waals surface area (Å²) in [6, 6.07) is 7.53. The Morgan fingerprint density at radius 1 is 1.23 bits per heavy atom. The fraction of sp³-hybridized carbons (Fsp3) is 0.300. The lowest BCUT2D eigenvalue weighted by molar-refractivity contribution is 0.0985. The number of morpholine rings is 1. The molecular formula is C20H21N7O3. The first-order valence-electron chi connectivity index (χ1n) is 9.67. The molecule has 1 atom stereocenters. The maximum Gasteiger partial charge on any atom is 0.416 e. The summed E-state index contributed by atoms with van der Waals surface area (Å²) in [5.74, 6) is 0.796. The highest BCUT2D eigenvalue weighted by molar-refractivity contribution is 5.84. The Morgan fingerprint density at radius 2 is 2.10 bits per heavy atom. The Labute approximate surface area is 171 Å². The lowest BCUT2D eigenvalue weighted by atomic mass is 10.2. The molecule has 30 heavy (non-hydrogen) atoms. The van der Waals surface area contributed by atoms with Crippen LogP contribution in [0.4, 0.5) is 10.6 Å². The van der Waals surface area contributed by atoms with Crippen molar-refractivity contribution in [1.29, 1.82) is 0 Å². The van der Waals surface area contributed by atoms with E-state index in [4.69, 9.17) is 9.72 Å². The third-order valence-electron chi connectivity index (χ3n) is 5.43. The minimum absolute atomic E-state index is 0.169. The molecule has 1 saturated heterocycles. The number of anilines is 1. The molecule has 5 heterocycles. The van der Waals surface area contributed by atoms with Gasteiger partial charge in [-0.05, 0) is 25.1 Å². The molecule has 0 bridgehead atoms. The zero-order chi connectivity index (χ0) is 20.8. The van der Waals surface area contributed by atoms with Crippen molar-refractivity contribution in [2.75, 3.05) is 24.7 Å². The monoisotopic (exact) mass is 407 g/mol. The molecule has 1 N–H and O–H groups in total. The van der Waals surface area contributed by atoms with Crippen LogP contribution in [-0.4, -0.2) is 65.9 Å². The summed E-state index contributed by atoms with van der Waals surface area (Å²) in [5.41, 5.74) is 3.46. The Bertz CT molecular complexity index is 1240. The van der Waals surface area contributed by atoms with E-state index in [9.17, 15) is 9.90 Å². The van der Waals surface area contributed by atoms with E-state index in [1.165, 1.54) is 10.8 Å². The van der Waals surface area contributed by atoms with E-state index in [-0.39, 0.29) is 6.04 Å². The number of carboxylic acid groups (broad SMARTS) is 1. The molecule has 4 aromatic heterocycles. The molecule has 1 aliphatic heterocycles. The van der Waals surface area contributed by atoms with Crippen molar-refractivity contribution in [3.8, 4) is 22.6 Å². The van der Waals surface area contributed by atoms with Crippen LogP contribution < -0.4 is 4.90 Å². The van der Waals surface area contributed by atoms with E-state index in [2.05, 4.69) is 22.0 Å². The molecule has 5 rings (SSSR count). The van der Waals surface area contributed by atoms with Gasteiger partial charge in [0.15, 0.2) is 5.65 Å². The number of carbonyl (C=O) groups is 1. The van der Waals surface area contributed by atoms with Crippen molar-refractivity contribution in [3.63, 3.8) is 0 Å². The number of hydrogen-bond acceptors (Lipinski definition) is 6. The van der Waals surface area contributed by atoms with Gasteiger partial charge in [0.1, 0.15) is 5.82 Å². The molecule has 10 nitrogen and oxygen atoms in total. The lowest BCUT2D eigenvalue weighted by Gasteiger charge is -2.34. The van der Waals surface area contributed by atoms with Crippen molar-refractivity contribution >= 4 is 17.6 Å². The predicted octanol–water partition coefficient (Wildman–Crippen LogP) is 2.35. The number of nitrogens with zero attached hydrogens (tertiary/aromatic N) is 7. The molecule has 0 spiro atoms. The van der Waals surface area contributed by atoms with Gasteiger partial charge in [-0.1, -0.05) is 0 Å². The topological polar surface area (TPSA) is 103 Å². The molecule has 10 heteroatoms. The molecule has 0 aliphatic carbocycles. The lowest BCUT2D eigenvalue weighted by Crippen LogP contribution is -2.44. The molecule has 0 aromatic carbocycles. The van der Waals surface area contributed by atoms with E-state index in [1.54, 1.807) is 33.7 Å². The summed E-state index contributed by atoms with van der Waals surface area (Å²) < 4.78 is 10.3. The average Bonchev–Trinajstić information content (AvgIpc) is 3.46. The highest BCUT2D eigenvalue weighted by Gasteiger charge is 2.24. The SMILES string of the molecule is C[C@@H]1COCCN1c1cc(-c2ccnn2C)n2ncc(-c3cccn3C(=O)O)c2n1. The number of ether oxygens (including phenoxy) is 1. The van der Waals surface area contributed by atoms with Crippen molar-refractivity contribution < 1.29 is 14.6 Å². The number of fused-ring (bicyclic) bond motifs is 1. The third-order valence-corrected chi connectivity index (χ3v) is 5.43. The summed E-state index contributed by atoms with van der Waals surface area (Å²) >= 11 is 0. The van der Waals surface area contributed by atoms with Gasteiger partial charge in [0.2, 0.25) is 0 Å². The van der Waals surface area contributed by atoms with E-state index in [0.717, 1.165) is 23.8 Å². The van der Waals surface area contributed by atoms with E-state index in [1.807, 2.05) is 19.2 Å². The first-order chi connectivity index (χ1) is 14.5. The van der Waals surface area contributed by atoms with Crippen LogP contribution in [0.15, 0.2) is 42.9 Å². The van der Waals surface area contributed by atoms with Gasteiger partial charge in [-0.3, -0.25) is 9.25 Å². The predicted molar refractivity (Wildman–Crippen MR) is 110 cm³/mol. The molecule has 0 unspecified atom stereocenters. The molecule has 4 aromatic rings. The quantitative estimate of drug-likeness (QED) is 0.556. The Morgan fingerprint density at radius 3 is 2.83 bits per heavy atom. The largest absolute Gasteiger partial charge is 0.464 e. The highest BCUT2D eigenvalue weighted by Crippen LogP contribution is 2.31. The first-order valence-corrected chi connectivity index (χ1v) is 9.67. The Hall–Kier alpha value is -3.66. The minimum atomic E-state index is -1.06. The molecule has 1 aliphatic rings. The molecule has 0 saturated carbocycles.